The van der Waals surface area contributed by atoms with Gasteiger partial charge in [-0.25, -0.2) is 0 Å². The van der Waals surface area contributed by atoms with E-state index in [0.29, 0.717) is 6.61 Å². The minimum absolute atomic E-state index is 0.232. The molecule has 0 radical (unpaired) electrons. The van der Waals surface area contributed by atoms with Crippen molar-refractivity contribution >= 4 is 13.6 Å². The first-order chi connectivity index (χ1) is 6.74. The zero-order valence-electron chi connectivity index (χ0n) is 9.17. The molecule has 0 spiro atoms. The maximum absolute atomic E-state index is 11.6. The summed E-state index contributed by atoms with van der Waals surface area (Å²) in [6.45, 7) is 5.09. The Morgan fingerprint density at radius 3 is 2.27 bits per heavy atom. The number of carboxylic acid groups (broad SMARTS) is 1. The van der Waals surface area contributed by atoms with Crippen LogP contribution in [0.4, 0.5) is 0 Å². The lowest BCUT2D eigenvalue weighted by molar-refractivity contribution is -0.139. The number of carbonyl (C=O) groups is 1. The third kappa shape index (κ3) is 7.50. The normalized spacial score (nSPS) is 17.4. The van der Waals surface area contributed by atoms with Gasteiger partial charge in [-0.2, -0.15) is 0 Å². The summed E-state index contributed by atoms with van der Waals surface area (Å²) < 4.78 is 21.4. The molecule has 15 heavy (non-hydrogen) atoms. The van der Waals surface area contributed by atoms with Crippen LogP contribution < -0.4 is 5.73 Å². The van der Waals surface area contributed by atoms with Gasteiger partial charge in [-0.15, -0.1) is 0 Å². The van der Waals surface area contributed by atoms with Crippen molar-refractivity contribution in [1.82, 2.24) is 0 Å². The van der Waals surface area contributed by atoms with Crippen LogP contribution in [0.15, 0.2) is 0 Å². The Balaban J connectivity index is 3.93. The highest BCUT2D eigenvalue weighted by Crippen LogP contribution is 2.44. The first-order valence-corrected chi connectivity index (χ1v) is 6.58. The van der Waals surface area contributed by atoms with Gasteiger partial charge in [-0.1, -0.05) is 13.8 Å². The van der Waals surface area contributed by atoms with E-state index in [2.05, 4.69) is 0 Å². The van der Waals surface area contributed by atoms with Crippen LogP contribution in [0.3, 0.4) is 0 Å². The van der Waals surface area contributed by atoms with E-state index in [4.69, 9.17) is 19.9 Å². The van der Waals surface area contributed by atoms with E-state index in [-0.39, 0.29) is 12.5 Å². The van der Waals surface area contributed by atoms with Crippen LogP contribution in [-0.2, 0) is 18.4 Å². The van der Waals surface area contributed by atoms with Crippen molar-refractivity contribution in [3.05, 3.63) is 0 Å². The Hall–Kier alpha value is -0.420. The van der Waals surface area contributed by atoms with Crippen molar-refractivity contribution in [2.24, 2.45) is 11.7 Å². The summed E-state index contributed by atoms with van der Waals surface area (Å²) in [5.74, 6) is -0.964. The average Bonchev–Trinajstić information content (AvgIpc) is 2.11. The Morgan fingerprint density at radius 1 is 1.40 bits per heavy atom. The van der Waals surface area contributed by atoms with Gasteiger partial charge in [0, 0.05) is 6.66 Å². The molecule has 0 aliphatic carbocycles. The van der Waals surface area contributed by atoms with Gasteiger partial charge < -0.3 is 19.9 Å². The summed E-state index contributed by atoms with van der Waals surface area (Å²) in [5.41, 5.74) is 5.18. The molecule has 7 heteroatoms. The molecular formula is C8H18NO5P. The van der Waals surface area contributed by atoms with Crippen LogP contribution in [-0.4, -0.2) is 37.0 Å². The molecule has 90 valence electrons. The van der Waals surface area contributed by atoms with E-state index in [0.717, 1.165) is 0 Å². The molecule has 0 saturated carbocycles. The summed E-state index contributed by atoms with van der Waals surface area (Å²) >= 11 is 0. The van der Waals surface area contributed by atoms with E-state index < -0.39 is 19.6 Å². The maximum atomic E-state index is 11.6. The van der Waals surface area contributed by atoms with Gasteiger partial charge in [-0.05, 0) is 5.92 Å². The molecule has 0 aromatic heterocycles. The van der Waals surface area contributed by atoms with Crippen LogP contribution in [0.2, 0.25) is 0 Å². The molecule has 0 unspecified atom stereocenters. The van der Waals surface area contributed by atoms with Gasteiger partial charge in [0.1, 0.15) is 6.04 Å². The van der Waals surface area contributed by atoms with Crippen LogP contribution in [0.1, 0.15) is 13.8 Å². The largest absolute Gasteiger partial charge is 0.480 e. The van der Waals surface area contributed by atoms with Crippen LogP contribution in [0, 0.1) is 5.92 Å². The molecule has 0 aliphatic heterocycles. The number of rotatable bonds is 7. The number of nitrogens with two attached hydrogens (primary N) is 1. The van der Waals surface area contributed by atoms with Gasteiger partial charge in [0.15, 0.2) is 0 Å². The molecule has 2 atom stereocenters. The highest BCUT2D eigenvalue weighted by molar-refractivity contribution is 7.52. The highest BCUT2D eigenvalue weighted by Gasteiger charge is 2.21. The Bertz CT molecular complexity index is 255. The summed E-state index contributed by atoms with van der Waals surface area (Å²) in [6.07, 6.45) is 0. The van der Waals surface area contributed by atoms with Crippen molar-refractivity contribution in [2.75, 3.05) is 19.9 Å². The van der Waals surface area contributed by atoms with Crippen molar-refractivity contribution in [3.63, 3.8) is 0 Å². The smallest absolute Gasteiger partial charge is 0.327 e. The van der Waals surface area contributed by atoms with Crippen molar-refractivity contribution in [2.45, 2.75) is 19.9 Å². The monoisotopic (exact) mass is 239 g/mol. The standard InChI is InChI=1S/C8H18NO5P/c1-6(2)4-13-15(3,12)14-5-7(9)8(10)11/h6-7H,4-5,9H2,1-3H3,(H,10,11)/t7-,15+/m0/s1. The summed E-state index contributed by atoms with van der Waals surface area (Å²) in [4.78, 5) is 10.3. The van der Waals surface area contributed by atoms with E-state index in [1.165, 1.54) is 6.66 Å². The second-order valence-electron chi connectivity index (χ2n) is 3.70. The zero-order valence-corrected chi connectivity index (χ0v) is 10.1. The number of carboxylic acids is 1. The lowest BCUT2D eigenvalue weighted by Gasteiger charge is -2.16. The minimum atomic E-state index is -3.18. The number of aliphatic carboxylic acids is 1. The maximum Gasteiger partial charge on any atom is 0.327 e. The molecule has 0 aromatic carbocycles. The molecule has 3 N–H and O–H groups in total. The molecular weight excluding hydrogens is 221 g/mol. The second-order valence-corrected chi connectivity index (χ2v) is 5.76. The fraction of sp³-hybridized carbons (Fsp3) is 0.875. The van der Waals surface area contributed by atoms with Crippen LogP contribution >= 0.6 is 7.60 Å². The van der Waals surface area contributed by atoms with Gasteiger partial charge in [0.2, 0.25) is 0 Å². The molecule has 0 amide bonds. The average molecular weight is 239 g/mol. The van der Waals surface area contributed by atoms with Crippen LogP contribution in [0.5, 0.6) is 0 Å². The van der Waals surface area contributed by atoms with Gasteiger partial charge >= 0.3 is 13.6 Å². The molecule has 0 aliphatic rings. The number of hydrogen-bond acceptors (Lipinski definition) is 5. The van der Waals surface area contributed by atoms with E-state index >= 15 is 0 Å². The Morgan fingerprint density at radius 2 is 1.87 bits per heavy atom. The van der Waals surface area contributed by atoms with Crippen molar-refractivity contribution in [1.29, 1.82) is 0 Å². The van der Waals surface area contributed by atoms with Crippen molar-refractivity contribution in [3.8, 4) is 0 Å². The fourth-order valence-electron chi connectivity index (χ4n) is 0.609. The minimum Gasteiger partial charge on any atom is -0.480 e. The van der Waals surface area contributed by atoms with Gasteiger partial charge in [-0.3, -0.25) is 9.36 Å². The second kappa shape index (κ2) is 6.23. The molecule has 0 heterocycles. The SMILES string of the molecule is CC(C)CO[P@@](C)(=O)OC[C@H](N)C(=O)O. The summed E-state index contributed by atoms with van der Waals surface area (Å²) in [6, 6.07) is -1.18. The number of hydrogen-bond donors (Lipinski definition) is 2. The van der Waals surface area contributed by atoms with E-state index in [9.17, 15) is 9.36 Å². The summed E-state index contributed by atoms with van der Waals surface area (Å²) in [5, 5.41) is 8.46. The fourth-order valence-corrected chi connectivity index (χ4v) is 1.68. The van der Waals surface area contributed by atoms with E-state index in [1.807, 2.05) is 13.8 Å². The first kappa shape index (κ1) is 14.6. The lowest BCUT2D eigenvalue weighted by atomic mass is 10.2. The Kier molecular flexibility index (Phi) is 6.05. The first-order valence-electron chi connectivity index (χ1n) is 4.59. The topological polar surface area (TPSA) is 98.9 Å². The van der Waals surface area contributed by atoms with Gasteiger partial charge in [0.05, 0.1) is 13.2 Å². The predicted molar refractivity (Wildman–Crippen MR) is 55.9 cm³/mol. The third-order valence-electron chi connectivity index (χ3n) is 1.45. The molecule has 0 bridgehead atoms. The molecule has 0 rings (SSSR count). The van der Waals surface area contributed by atoms with E-state index in [1.54, 1.807) is 0 Å². The Labute approximate surface area is 89.3 Å². The van der Waals surface area contributed by atoms with Crippen LogP contribution in [0.25, 0.3) is 0 Å². The molecule has 0 saturated heterocycles. The summed E-state index contributed by atoms with van der Waals surface area (Å²) in [7, 11) is -3.18. The predicted octanol–water partition coefficient (Wildman–Crippen LogP) is 0.910. The van der Waals surface area contributed by atoms with Crippen molar-refractivity contribution < 1.29 is 23.5 Å². The van der Waals surface area contributed by atoms with Gasteiger partial charge in [0.25, 0.3) is 0 Å². The molecule has 0 fully saturated rings. The molecule has 0 aromatic rings. The lowest BCUT2D eigenvalue weighted by Crippen LogP contribution is -2.34. The highest BCUT2D eigenvalue weighted by atomic mass is 31.2. The quantitative estimate of drug-likeness (QED) is 0.640. The zero-order chi connectivity index (χ0) is 12.1. The molecule has 6 nitrogen and oxygen atoms in total. The third-order valence-corrected chi connectivity index (χ3v) is 2.68.